The van der Waals surface area contributed by atoms with Gasteiger partial charge in [0.15, 0.2) is 5.03 Å². The number of hydrogen-bond donors (Lipinski definition) is 2. The second-order valence-corrected chi connectivity index (χ2v) is 5.85. The van der Waals surface area contributed by atoms with Crippen LogP contribution < -0.4 is 4.72 Å². The zero-order valence-electron chi connectivity index (χ0n) is 6.99. The Morgan fingerprint density at radius 1 is 1.77 bits per heavy atom. The number of rotatable bonds is 4. The Morgan fingerprint density at radius 3 is 2.92 bits per heavy atom. The SMILES string of the molecule is CC(Br)CNS(=O)(=O)c1cnc[nH]1. The second kappa shape index (κ2) is 4.21. The van der Waals surface area contributed by atoms with Crippen molar-refractivity contribution in [2.24, 2.45) is 0 Å². The molecule has 0 fully saturated rings. The Kier molecular flexibility index (Phi) is 3.46. The van der Waals surface area contributed by atoms with Crippen LogP contribution >= 0.6 is 15.9 Å². The van der Waals surface area contributed by atoms with E-state index in [0.717, 1.165) is 0 Å². The largest absolute Gasteiger partial charge is 0.335 e. The molecular formula is C6H10BrN3O2S. The number of alkyl halides is 1. The first-order valence-corrected chi connectivity index (χ1v) is 6.04. The third-order valence-electron chi connectivity index (χ3n) is 1.32. The van der Waals surface area contributed by atoms with Gasteiger partial charge >= 0.3 is 0 Å². The average molecular weight is 268 g/mol. The van der Waals surface area contributed by atoms with Crippen molar-refractivity contribution < 1.29 is 8.42 Å². The summed E-state index contributed by atoms with van der Waals surface area (Å²) in [5.41, 5.74) is 0. The van der Waals surface area contributed by atoms with Crippen molar-refractivity contribution in [3.63, 3.8) is 0 Å². The van der Waals surface area contributed by atoms with Crippen LogP contribution in [0.2, 0.25) is 0 Å². The van der Waals surface area contributed by atoms with Crippen LogP contribution in [0.5, 0.6) is 0 Å². The number of H-pyrrole nitrogens is 1. The Hall–Kier alpha value is -0.400. The molecule has 2 N–H and O–H groups in total. The molecule has 0 spiro atoms. The first-order chi connectivity index (χ1) is 6.02. The van der Waals surface area contributed by atoms with Crippen molar-refractivity contribution in [1.82, 2.24) is 14.7 Å². The maximum atomic E-state index is 11.4. The first-order valence-electron chi connectivity index (χ1n) is 3.64. The number of aromatic amines is 1. The van der Waals surface area contributed by atoms with Gasteiger partial charge in [0, 0.05) is 11.4 Å². The minimum atomic E-state index is -3.41. The number of imidazole rings is 1. The van der Waals surface area contributed by atoms with Crippen LogP contribution in [-0.2, 0) is 10.0 Å². The van der Waals surface area contributed by atoms with Crippen LogP contribution in [0.1, 0.15) is 6.92 Å². The van der Waals surface area contributed by atoms with Crippen LogP contribution in [0.25, 0.3) is 0 Å². The minimum Gasteiger partial charge on any atom is -0.335 e. The van der Waals surface area contributed by atoms with E-state index in [-0.39, 0.29) is 9.85 Å². The van der Waals surface area contributed by atoms with E-state index in [2.05, 4.69) is 30.6 Å². The van der Waals surface area contributed by atoms with E-state index < -0.39 is 10.0 Å². The molecule has 0 bridgehead atoms. The van der Waals surface area contributed by atoms with Crippen LogP contribution in [0.4, 0.5) is 0 Å². The topological polar surface area (TPSA) is 74.8 Å². The maximum Gasteiger partial charge on any atom is 0.257 e. The van der Waals surface area contributed by atoms with E-state index in [0.29, 0.717) is 6.54 Å². The summed E-state index contributed by atoms with van der Waals surface area (Å²) in [4.78, 5) is 6.26. The predicted molar refractivity (Wildman–Crippen MR) is 52.2 cm³/mol. The second-order valence-electron chi connectivity index (χ2n) is 2.55. The minimum absolute atomic E-state index is 0.0839. The van der Waals surface area contributed by atoms with Crippen molar-refractivity contribution in [1.29, 1.82) is 0 Å². The molecule has 74 valence electrons. The van der Waals surface area contributed by atoms with Gasteiger partial charge in [0.25, 0.3) is 10.0 Å². The molecule has 0 amide bonds. The van der Waals surface area contributed by atoms with Crippen LogP contribution in [-0.4, -0.2) is 29.8 Å². The van der Waals surface area contributed by atoms with E-state index in [9.17, 15) is 8.42 Å². The number of halogens is 1. The standard InChI is InChI=1S/C6H10BrN3O2S/c1-5(7)2-10-13(11,12)6-3-8-4-9-6/h3-5,10H,2H2,1H3,(H,8,9). The number of nitrogens with one attached hydrogen (secondary N) is 2. The molecule has 1 aromatic heterocycles. The third kappa shape index (κ3) is 3.09. The van der Waals surface area contributed by atoms with E-state index in [1.54, 1.807) is 0 Å². The van der Waals surface area contributed by atoms with E-state index in [1.807, 2.05) is 6.92 Å². The van der Waals surface area contributed by atoms with E-state index in [4.69, 9.17) is 0 Å². The highest BCUT2D eigenvalue weighted by molar-refractivity contribution is 9.09. The highest BCUT2D eigenvalue weighted by Crippen LogP contribution is 2.03. The summed E-state index contributed by atoms with van der Waals surface area (Å²) in [6.07, 6.45) is 2.59. The Bertz CT molecular complexity index is 346. The van der Waals surface area contributed by atoms with E-state index in [1.165, 1.54) is 12.5 Å². The summed E-state index contributed by atoms with van der Waals surface area (Å²) in [5, 5.41) is 0.0839. The Morgan fingerprint density at radius 2 is 2.46 bits per heavy atom. The van der Waals surface area contributed by atoms with Crippen LogP contribution in [0.3, 0.4) is 0 Å². The van der Waals surface area contributed by atoms with Gasteiger partial charge in [0.2, 0.25) is 0 Å². The predicted octanol–water partition coefficient (Wildman–Crippen LogP) is 0.471. The van der Waals surface area contributed by atoms with Gasteiger partial charge < -0.3 is 4.98 Å². The van der Waals surface area contributed by atoms with Gasteiger partial charge in [-0.2, -0.15) is 0 Å². The summed E-state index contributed by atoms with van der Waals surface area (Å²) in [7, 11) is -3.41. The lowest BCUT2D eigenvalue weighted by Gasteiger charge is -2.05. The normalized spacial score (nSPS) is 14.3. The molecule has 0 radical (unpaired) electrons. The lowest BCUT2D eigenvalue weighted by molar-refractivity contribution is 0.578. The smallest absolute Gasteiger partial charge is 0.257 e. The highest BCUT2D eigenvalue weighted by atomic mass is 79.9. The third-order valence-corrected chi connectivity index (χ3v) is 2.99. The van der Waals surface area contributed by atoms with Gasteiger partial charge in [-0.15, -0.1) is 0 Å². The molecular weight excluding hydrogens is 258 g/mol. The van der Waals surface area contributed by atoms with E-state index >= 15 is 0 Å². The van der Waals surface area contributed by atoms with Crippen molar-refractivity contribution in [2.45, 2.75) is 16.8 Å². The van der Waals surface area contributed by atoms with Gasteiger partial charge in [0.05, 0.1) is 12.5 Å². The molecule has 0 aliphatic rings. The zero-order valence-corrected chi connectivity index (χ0v) is 9.39. The van der Waals surface area contributed by atoms with Crippen LogP contribution in [0.15, 0.2) is 17.6 Å². The summed E-state index contributed by atoms with van der Waals surface area (Å²) >= 11 is 3.24. The summed E-state index contributed by atoms with van der Waals surface area (Å²) in [5.74, 6) is 0. The quantitative estimate of drug-likeness (QED) is 0.779. The lowest BCUT2D eigenvalue weighted by Crippen LogP contribution is -2.28. The number of hydrogen-bond acceptors (Lipinski definition) is 3. The molecule has 0 saturated heterocycles. The average Bonchev–Trinajstić information content (AvgIpc) is 2.53. The van der Waals surface area contributed by atoms with Gasteiger partial charge in [-0.3, -0.25) is 0 Å². The fourth-order valence-electron chi connectivity index (χ4n) is 0.692. The highest BCUT2D eigenvalue weighted by Gasteiger charge is 2.15. The van der Waals surface area contributed by atoms with Crippen molar-refractivity contribution in [2.75, 3.05) is 6.54 Å². The maximum absolute atomic E-state index is 11.4. The molecule has 5 nitrogen and oxygen atoms in total. The fraction of sp³-hybridized carbons (Fsp3) is 0.500. The molecule has 7 heteroatoms. The van der Waals surface area contributed by atoms with Gasteiger partial charge in [-0.05, 0) is 0 Å². The summed E-state index contributed by atoms with van der Waals surface area (Å²) in [6, 6.07) is 0. The van der Waals surface area contributed by atoms with Gasteiger partial charge in [0.1, 0.15) is 0 Å². The first kappa shape index (κ1) is 10.7. The molecule has 1 rings (SSSR count). The lowest BCUT2D eigenvalue weighted by atomic mass is 10.5. The molecule has 0 aliphatic carbocycles. The molecule has 0 aliphatic heterocycles. The van der Waals surface area contributed by atoms with Crippen molar-refractivity contribution >= 4 is 26.0 Å². The molecule has 1 heterocycles. The number of nitrogens with zero attached hydrogens (tertiary/aromatic N) is 1. The Labute approximate surface area is 85.1 Å². The number of sulfonamides is 1. The molecule has 1 atom stereocenters. The van der Waals surface area contributed by atoms with Gasteiger partial charge in [-0.1, -0.05) is 22.9 Å². The Balaban J connectivity index is 2.68. The fourth-order valence-corrected chi connectivity index (χ4v) is 2.10. The van der Waals surface area contributed by atoms with Crippen molar-refractivity contribution in [3.8, 4) is 0 Å². The van der Waals surface area contributed by atoms with Gasteiger partial charge in [-0.25, -0.2) is 18.1 Å². The molecule has 1 aromatic rings. The summed E-state index contributed by atoms with van der Waals surface area (Å²) < 4.78 is 25.2. The molecule has 1 unspecified atom stereocenters. The monoisotopic (exact) mass is 267 g/mol. The molecule has 0 aromatic carbocycles. The van der Waals surface area contributed by atoms with Crippen LogP contribution in [0, 0.1) is 0 Å². The molecule has 0 saturated carbocycles. The number of aromatic nitrogens is 2. The van der Waals surface area contributed by atoms with Crippen molar-refractivity contribution in [3.05, 3.63) is 12.5 Å². The zero-order chi connectivity index (χ0) is 9.90. The molecule has 13 heavy (non-hydrogen) atoms. The summed E-state index contributed by atoms with van der Waals surface area (Å²) in [6.45, 7) is 2.21.